The predicted molar refractivity (Wildman–Crippen MR) is 136 cm³/mol. The highest BCUT2D eigenvalue weighted by Gasteiger charge is 2.21. The largest absolute Gasteiger partial charge is 0.356 e. The Hall–Kier alpha value is -4.11. The average Bonchev–Trinajstić information content (AvgIpc) is 3.52. The van der Waals surface area contributed by atoms with Crippen LogP contribution in [0.5, 0.6) is 0 Å². The number of benzene rings is 1. The van der Waals surface area contributed by atoms with Gasteiger partial charge in [0.25, 0.3) is 0 Å². The summed E-state index contributed by atoms with van der Waals surface area (Å²) < 4.78 is 21.4. The number of nitrogens with one attached hydrogen (secondary N) is 2. The van der Waals surface area contributed by atoms with Crippen molar-refractivity contribution in [3.05, 3.63) is 78.0 Å². The van der Waals surface area contributed by atoms with Gasteiger partial charge >= 0.3 is 0 Å². The molecule has 1 saturated heterocycles. The molecular formula is C27H26FN7O. The Morgan fingerprint density at radius 2 is 2.03 bits per heavy atom. The number of hydrogen-bond donors (Lipinski definition) is 2. The molecule has 1 atom stereocenters. The van der Waals surface area contributed by atoms with Crippen molar-refractivity contribution in [3.63, 3.8) is 0 Å². The molecule has 1 fully saturated rings. The third kappa shape index (κ3) is 4.45. The van der Waals surface area contributed by atoms with Gasteiger partial charge in [-0.05, 0) is 62.1 Å². The molecule has 8 nitrogen and oxygen atoms in total. The van der Waals surface area contributed by atoms with E-state index in [1.807, 2.05) is 54.3 Å². The summed E-state index contributed by atoms with van der Waals surface area (Å²) in [5.41, 5.74) is 5.66. The first-order valence-corrected chi connectivity index (χ1v) is 12.1. The summed E-state index contributed by atoms with van der Waals surface area (Å²) in [6, 6.07) is 14.4. The number of aryl methyl sites for hydroxylation is 1. The topological polar surface area (TPSA) is 93.5 Å². The van der Waals surface area contributed by atoms with Gasteiger partial charge in [-0.15, -0.1) is 0 Å². The SMILES string of the molecule is Cc1cccc(-c2[nH]c(NCc3cccc(F)c3)nc2-c2cnc3c(cnn3C3CCCCO3)c2)n1. The molecule has 5 heterocycles. The minimum atomic E-state index is -0.266. The van der Waals surface area contributed by atoms with Crippen LogP contribution in [0.25, 0.3) is 33.7 Å². The van der Waals surface area contributed by atoms with Gasteiger partial charge in [-0.25, -0.2) is 19.0 Å². The van der Waals surface area contributed by atoms with Gasteiger partial charge in [0.05, 0.1) is 17.6 Å². The van der Waals surface area contributed by atoms with Crippen LogP contribution in [0, 0.1) is 12.7 Å². The van der Waals surface area contributed by atoms with Crippen LogP contribution in [0.2, 0.25) is 0 Å². The van der Waals surface area contributed by atoms with Gasteiger partial charge in [-0.2, -0.15) is 5.10 Å². The van der Waals surface area contributed by atoms with Gasteiger partial charge in [0.1, 0.15) is 11.5 Å². The normalized spacial score (nSPS) is 15.9. The summed E-state index contributed by atoms with van der Waals surface area (Å²) in [6.07, 6.45) is 6.70. The summed E-state index contributed by atoms with van der Waals surface area (Å²) in [4.78, 5) is 17.6. The van der Waals surface area contributed by atoms with E-state index in [-0.39, 0.29) is 12.0 Å². The van der Waals surface area contributed by atoms with Gasteiger partial charge in [-0.1, -0.05) is 18.2 Å². The second-order valence-electron chi connectivity index (χ2n) is 9.00. The third-order valence-corrected chi connectivity index (χ3v) is 6.33. The molecule has 6 rings (SSSR count). The number of halogens is 1. The first-order chi connectivity index (χ1) is 17.6. The fraction of sp³-hybridized carbons (Fsp3) is 0.259. The highest BCUT2D eigenvalue weighted by molar-refractivity contribution is 5.85. The molecule has 9 heteroatoms. The Balaban J connectivity index is 1.36. The number of nitrogens with zero attached hydrogens (tertiary/aromatic N) is 5. The molecule has 2 N–H and O–H groups in total. The molecule has 1 unspecified atom stereocenters. The van der Waals surface area contributed by atoms with Gasteiger partial charge in [0.15, 0.2) is 11.9 Å². The monoisotopic (exact) mass is 483 g/mol. The van der Waals surface area contributed by atoms with E-state index in [4.69, 9.17) is 19.7 Å². The minimum absolute atomic E-state index is 0.0781. The van der Waals surface area contributed by atoms with Gasteiger partial charge in [-0.3, -0.25) is 4.98 Å². The Kier molecular flexibility index (Phi) is 5.90. The molecule has 36 heavy (non-hydrogen) atoms. The van der Waals surface area contributed by atoms with Crippen LogP contribution in [0.3, 0.4) is 0 Å². The molecule has 0 radical (unpaired) electrons. The number of ether oxygens (including phenoxy) is 1. The number of hydrogen-bond acceptors (Lipinski definition) is 6. The van der Waals surface area contributed by atoms with Crippen molar-refractivity contribution in [2.75, 3.05) is 11.9 Å². The van der Waals surface area contributed by atoms with E-state index in [0.29, 0.717) is 12.5 Å². The van der Waals surface area contributed by atoms with Crippen LogP contribution in [0.15, 0.2) is 60.9 Å². The Morgan fingerprint density at radius 3 is 2.86 bits per heavy atom. The second-order valence-corrected chi connectivity index (χ2v) is 9.00. The van der Waals surface area contributed by atoms with E-state index in [1.54, 1.807) is 6.07 Å². The number of anilines is 1. The second kappa shape index (κ2) is 9.50. The Bertz CT molecular complexity index is 1520. The summed E-state index contributed by atoms with van der Waals surface area (Å²) in [7, 11) is 0. The summed E-state index contributed by atoms with van der Waals surface area (Å²) >= 11 is 0. The van der Waals surface area contributed by atoms with Crippen molar-refractivity contribution in [2.45, 2.75) is 39.0 Å². The number of aromatic nitrogens is 6. The molecule has 0 bridgehead atoms. The van der Waals surface area contributed by atoms with Crippen LogP contribution in [0.4, 0.5) is 10.3 Å². The van der Waals surface area contributed by atoms with Crippen molar-refractivity contribution < 1.29 is 9.13 Å². The fourth-order valence-electron chi connectivity index (χ4n) is 4.56. The highest BCUT2D eigenvalue weighted by Crippen LogP contribution is 2.33. The van der Waals surface area contributed by atoms with Crippen LogP contribution in [-0.4, -0.2) is 36.3 Å². The average molecular weight is 484 g/mol. The molecule has 1 aromatic carbocycles. The smallest absolute Gasteiger partial charge is 0.201 e. The van der Waals surface area contributed by atoms with E-state index in [1.165, 1.54) is 12.1 Å². The number of fused-ring (bicyclic) bond motifs is 1. The Morgan fingerprint density at radius 1 is 1.11 bits per heavy atom. The quantitative estimate of drug-likeness (QED) is 0.325. The zero-order chi connectivity index (χ0) is 24.5. The van der Waals surface area contributed by atoms with Gasteiger partial charge in [0, 0.05) is 36.0 Å². The summed E-state index contributed by atoms with van der Waals surface area (Å²) in [5.74, 6) is 0.302. The van der Waals surface area contributed by atoms with Crippen LogP contribution >= 0.6 is 0 Å². The molecule has 182 valence electrons. The van der Waals surface area contributed by atoms with Gasteiger partial charge < -0.3 is 15.0 Å². The number of rotatable bonds is 6. The van der Waals surface area contributed by atoms with Crippen molar-refractivity contribution in [3.8, 4) is 22.6 Å². The Labute approximate surface area is 207 Å². The van der Waals surface area contributed by atoms with E-state index < -0.39 is 0 Å². The van der Waals surface area contributed by atoms with Gasteiger partial charge in [0.2, 0.25) is 5.95 Å². The molecule has 4 aromatic heterocycles. The van der Waals surface area contributed by atoms with Crippen molar-refractivity contribution >= 4 is 17.0 Å². The molecule has 0 saturated carbocycles. The maximum atomic E-state index is 13.6. The maximum absolute atomic E-state index is 13.6. The number of H-pyrrole nitrogens is 1. The maximum Gasteiger partial charge on any atom is 0.201 e. The summed E-state index contributed by atoms with van der Waals surface area (Å²) in [5, 5.41) is 8.76. The lowest BCUT2D eigenvalue weighted by Crippen LogP contribution is -2.19. The fourth-order valence-corrected chi connectivity index (χ4v) is 4.56. The first kappa shape index (κ1) is 22.4. The van der Waals surface area contributed by atoms with E-state index in [9.17, 15) is 4.39 Å². The molecule has 1 aliphatic heterocycles. The predicted octanol–water partition coefficient (Wildman–Crippen LogP) is 5.64. The van der Waals surface area contributed by atoms with E-state index in [2.05, 4.69) is 15.4 Å². The minimum Gasteiger partial charge on any atom is -0.356 e. The lowest BCUT2D eigenvalue weighted by atomic mass is 10.1. The molecule has 0 amide bonds. The molecule has 0 spiro atoms. The van der Waals surface area contributed by atoms with E-state index >= 15 is 0 Å². The lowest BCUT2D eigenvalue weighted by molar-refractivity contribution is -0.0370. The molecule has 1 aliphatic rings. The molecular weight excluding hydrogens is 457 g/mol. The first-order valence-electron chi connectivity index (χ1n) is 12.1. The van der Waals surface area contributed by atoms with Crippen molar-refractivity contribution in [2.24, 2.45) is 0 Å². The lowest BCUT2D eigenvalue weighted by Gasteiger charge is -2.22. The number of imidazole rings is 1. The number of aromatic amines is 1. The zero-order valence-corrected chi connectivity index (χ0v) is 19.9. The van der Waals surface area contributed by atoms with E-state index in [0.717, 1.165) is 70.8 Å². The molecule has 0 aliphatic carbocycles. The van der Waals surface area contributed by atoms with Crippen LogP contribution < -0.4 is 5.32 Å². The van der Waals surface area contributed by atoms with Crippen molar-refractivity contribution in [1.82, 2.24) is 29.7 Å². The van der Waals surface area contributed by atoms with Crippen molar-refractivity contribution in [1.29, 1.82) is 0 Å². The zero-order valence-electron chi connectivity index (χ0n) is 19.9. The van der Waals surface area contributed by atoms with Crippen LogP contribution in [0.1, 0.15) is 36.7 Å². The summed E-state index contributed by atoms with van der Waals surface area (Å²) in [6.45, 7) is 3.13. The standard InChI is InChI=1S/C27H26FN7O/c1-17-6-4-9-22(32-17)25-24(33-27(34-25)30-14-18-7-5-8-21(28)12-18)19-13-20-16-31-35(26(20)29-15-19)23-10-2-3-11-36-23/h4-9,12-13,15-16,23H,2-3,10-11,14H2,1H3,(H2,30,33,34). The third-order valence-electron chi connectivity index (χ3n) is 6.33. The highest BCUT2D eigenvalue weighted by atomic mass is 19.1. The number of pyridine rings is 2. The molecule has 5 aromatic rings. The van der Waals surface area contributed by atoms with Crippen LogP contribution in [-0.2, 0) is 11.3 Å².